The summed E-state index contributed by atoms with van der Waals surface area (Å²) in [5.74, 6) is 0.835. The zero-order valence-electron chi connectivity index (χ0n) is 10.7. The Kier molecular flexibility index (Phi) is 11.2. The van der Waals surface area contributed by atoms with E-state index in [1.54, 1.807) is 0 Å². The Morgan fingerprint density at radius 2 is 1.80 bits per heavy atom. The Morgan fingerprint density at radius 1 is 1.00 bits per heavy atom. The van der Waals surface area contributed by atoms with E-state index < -0.39 is 0 Å². The van der Waals surface area contributed by atoms with Crippen LogP contribution in [0.4, 0.5) is 0 Å². The van der Waals surface area contributed by atoms with Crippen LogP contribution in [0.2, 0.25) is 0 Å². The van der Waals surface area contributed by atoms with Gasteiger partial charge in [-0.3, -0.25) is 0 Å². The van der Waals surface area contributed by atoms with Gasteiger partial charge in [0.2, 0.25) is 0 Å². The highest BCUT2D eigenvalue weighted by atomic mass is 14.1. The minimum Gasteiger partial charge on any atom is -0.103 e. The molecule has 0 saturated carbocycles. The molecule has 0 saturated heterocycles. The maximum Gasteiger partial charge on any atom is -0.0319 e. The predicted molar refractivity (Wildman–Crippen MR) is 71.1 cm³/mol. The summed E-state index contributed by atoms with van der Waals surface area (Å²) in [6.07, 6.45) is 17.2. The molecule has 0 fully saturated rings. The van der Waals surface area contributed by atoms with Crippen LogP contribution in [0.5, 0.6) is 0 Å². The first-order valence-corrected chi connectivity index (χ1v) is 6.61. The molecule has 0 amide bonds. The van der Waals surface area contributed by atoms with E-state index >= 15 is 0 Å². The van der Waals surface area contributed by atoms with Crippen molar-refractivity contribution in [1.29, 1.82) is 0 Å². The summed E-state index contributed by atoms with van der Waals surface area (Å²) in [4.78, 5) is 0. The van der Waals surface area contributed by atoms with Gasteiger partial charge in [0.05, 0.1) is 0 Å². The predicted octanol–water partition coefficient (Wildman–Crippen LogP) is 5.51. The standard InChI is InChI=1S/C15H28/c1-4-7-9-11-14-15(12-6-3)13-10-8-5-2/h6,9,11,15H,3-5,7-8,10,12-14H2,1-2H3. The molecule has 0 spiro atoms. The Hall–Kier alpha value is -0.520. The highest BCUT2D eigenvalue weighted by molar-refractivity contribution is 4.86. The minimum absolute atomic E-state index is 0.835. The first kappa shape index (κ1) is 14.5. The third-order valence-electron chi connectivity index (χ3n) is 2.81. The van der Waals surface area contributed by atoms with Crippen LogP contribution in [-0.4, -0.2) is 0 Å². The zero-order chi connectivity index (χ0) is 11.4. The van der Waals surface area contributed by atoms with Crippen molar-refractivity contribution in [2.24, 2.45) is 5.92 Å². The molecule has 1 unspecified atom stereocenters. The van der Waals surface area contributed by atoms with E-state index in [2.05, 4.69) is 38.7 Å². The van der Waals surface area contributed by atoms with Crippen molar-refractivity contribution in [3.63, 3.8) is 0 Å². The Balaban J connectivity index is 3.66. The molecule has 0 bridgehead atoms. The normalized spacial score (nSPS) is 13.2. The molecule has 0 aromatic rings. The van der Waals surface area contributed by atoms with Crippen LogP contribution in [0.1, 0.15) is 65.2 Å². The monoisotopic (exact) mass is 208 g/mol. The van der Waals surface area contributed by atoms with Gasteiger partial charge in [-0.05, 0) is 31.6 Å². The van der Waals surface area contributed by atoms with Gasteiger partial charge in [0.1, 0.15) is 0 Å². The first-order valence-electron chi connectivity index (χ1n) is 6.61. The van der Waals surface area contributed by atoms with Gasteiger partial charge in [0.15, 0.2) is 0 Å². The summed E-state index contributed by atoms with van der Waals surface area (Å²) in [5, 5.41) is 0. The maximum atomic E-state index is 3.85. The topological polar surface area (TPSA) is 0 Å². The van der Waals surface area contributed by atoms with Crippen LogP contribution < -0.4 is 0 Å². The third-order valence-corrected chi connectivity index (χ3v) is 2.81. The zero-order valence-corrected chi connectivity index (χ0v) is 10.7. The van der Waals surface area contributed by atoms with E-state index in [4.69, 9.17) is 0 Å². The Morgan fingerprint density at radius 3 is 2.40 bits per heavy atom. The van der Waals surface area contributed by atoms with Gasteiger partial charge >= 0.3 is 0 Å². The molecule has 0 rings (SSSR count). The van der Waals surface area contributed by atoms with Crippen molar-refractivity contribution in [3.05, 3.63) is 24.8 Å². The van der Waals surface area contributed by atoms with Crippen molar-refractivity contribution >= 4 is 0 Å². The number of hydrogen-bond acceptors (Lipinski definition) is 0. The van der Waals surface area contributed by atoms with E-state index in [9.17, 15) is 0 Å². The van der Waals surface area contributed by atoms with E-state index in [1.165, 1.54) is 51.4 Å². The average Bonchev–Trinajstić information content (AvgIpc) is 2.24. The van der Waals surface area contributed by atoms with Crippen molar-refractivity contribution < 1.29 is 0 Å². The fraction of sp³-hybridized carbons (Fsp3) is 0.733. The highest BCUT2D eigenvalue weighted by Crippen LogP contribution is 2.18. The van der Waals surface area contributed by atoms with Crippen molar-refractivity contribution in [2.45, 2.75) is 65.2 Å². The summed E-state index contributed by atoms with van der Waals surface area (Å²) >= 11 is 0. The Labute approximate surface area is 96.5 Å². The van der Waals surface area contributed by atoms with Gasteiger partial charge in [-0.25, -0.2) is 0 Å². The van der Waals surface area contributed by atoms with Crippen LogP contribution in [0.15, 0.2) is 24.8 Å². The average molecular weight is 208 g/mol. The molecule has 0 heterocycles. The second-order valence-electron chi connectivity index (χ2n) is 4.38. The van der Waals surface area contributed by atoms with Crippen LogP contribution in [0.25, 0.3) is 0 Å². The molecule has 0 nitrogen and oxygen atoms in total. The van der Waals surface area contributed by atoms with Gasteiger partial charge in [0, 0.05) is 0 Å². The van der Waals surface area contributed by atoms with Crippen LogP contribution >= 0.6 is 0 Å². The van der Waals surface area contributed by atoms with E-state index in [-0.39, 0.29) is 0 Å². The molecule has 0 heteroatoms. The SMILES string of the molecule is C=CCC(CC=CCCC)CCCCC. The van der Waals surface area contributed by atoms with Crippen LogP contribution in [0, 0.1) is 5.92 Å². The molecule has 0 N–H and O–H groups in total. The van der Waals surface area contributed by atoms with Gasteiger partial charge in [-0.1, -0.05) is 57.8 Å². The molecule has 88 valence electrons. The van der Waals surface area contributed by atoms with E-state index in [0.717, 1.165) is 5.92 Å². The largest absolute Gasteiger partial charge is 0.103 e. The molecule has 0 aromatic carbocycles. The van der Waals surface area contributed by atoms with Crippen molar-refractivity contribution in [1.82, 2.24) is 0 Å². The summed E-state index contributed by atoms with van der Waals surface area (Å²) < 4.78 is 0. The molecular formula is C15H28. The molecule has 1 atom stereocenters. The second kappa shape index (κ2) is 11.6. The molecular weight excluding hydrogens is 180 g/mol. The number of hydrogen-bond donors (Lipinski definition) is 0. The molecule has 0 aromatic heterocycles. The molecule has 0 aliphatic carbocycles. The molecule has 15 heavy (non-hydrogen) atoms. The number of rotatable bonds is 10. The third kappa shape index (κ3) is 9.78. The van der Waals surface area contributed by atoms with Gasteiger partial charge in [-0.2, -0.15) is 0 Å². The van der Waals surface area contributed by atoms with E-state index in [1.807, 2.05) is 0 Å². The summed E-state index contributed by atoms with van der Waals surface area (Å²) in [7, 11) is 0. The lowest BCUT2D eigenvalue weighted by molar-refractivity contribution is 0.467. The molecule has 0 aliphatic rings. The minimum atomic E-state index is 0.835. The maximum absolute atomic E-state index is 3.85. The highest BCUT2D eigenvalue weighted by Gasteiger charge is 2.03. The van der Waals surface area contributed by atoms with Crippen molar-refractivity contribution in [3.8, 4) is 0 Å². The smallest absolute Gasteiger partial charge is 0.0319 e. The lowest BCUT2D eigenvalue weighted by atomic mass is 9.94. The van der Waals surface area contributed by atoms with Gasteiger partial charge in [-0.15, -0.1) is 6.58 Å². The second-order valence-corrected chi connectivity index (χ2v) is 4.38. The lowest BCUT2D eigenvalue weighted by Gasteiger charge is -2.12. The summed E-state index contributed by atoms with van der Waals surface area (Å²) in [6, 6.07) is 0. The molecule has 0 aliphatic heterocycles. The summed E-state index contributed by atoms with van der Waals surface area (Å²) in [5.41, 5.74) is 0. The van der Waals surface area contributed by atoms with Crippen molar-refractivity contribution in [2.75, 3.05) is 0 Å². The number of unbranched alkanes of at least 4 members (excludes halogenated alkanes) is 3. The quantitative estimate of drug-likeness (QED) is 0.328. The van der Waals surface area contributed by atoms with Gasteiger partial charge < -0.3 is 0 Å². The van der Waals surface area contributed by atoms with Gasteiger partial charge in [0.25, 0.3) is 0 Å². The fourth-order valence-corrected chi connectivity index (χ4v) is 1.82. The first-order chi connectivity index (χ1) is 7.35. The van der Waals surface area contributed by atoms with E-state index in [0.29, 0.717) is 0 Å². The van der Waals surface area contributed by atoms with Crippen LogP contribution in [0.3, 0.4) is 0 Å². The fourth-order valence-electron chi connectivity index (χ4n) is 1.82. The number of allylic oxidation sites excluding steroid dienone is 3. The lowest BCUT2D eigenvalue weighted by Crippen LogP contribution is -1.97. The van der Waals surface area contributed by atoms with Crippen LogP contribution in [-0.2, 0) is 0 Å². The Bertz CT molecular complexity index is 155. The summed E-state index contributed by atoms with van der Waals surface area (Å²) in [6.45, 7) is 8.35. The molecule has 0 radical (unpaired) electrons.